The molecular formula is C15H24N4O2S2. The summed E-state index contributed by atoms with van der Waals surface area (Å²) in [6.45, 7) is 8.27. The molecule has 0 unspecified atom stereocenters. The Labute approximate surface area is 142 Å². The van der Waals surface area contributed by atoms with Crippen LogP contribution in [-0.4, -0.2) is 42.6 Å². The molecule has 0 saturated heterocycles. The minimum Gasteiger partial charge on any atom is -0.312 e. The number of rotatable bonds is 9. The first-order valence-corrected chi connectivity index (χ1v) is 10.0. The molecule has 128 valence electrons. The molecule has 8 heteroatoms. The van der Waals surface area contributed by atoms with Crippen LogP contribution in [0.15, 0.2) is 22.5 Å². The van der Waals surface area contributed by atoms with Crippen LogP contribution >= 0.6 is 11.3 Å². The first kappa shape index (κ1) is 18.1. The van der Waals surface area contributed by atoms with Crippen LogP contribution in [-0.2, 0) is 23.0 Å². The fourth-order valence-corrected chi connectivity index (χ4v) is 5.28. The highest BCUT2D eigenvalue weighted by atomic mass is 32.2. The average Bonchev–Trinajstić information content (AvgIpc) is 3.14. The van der Waals surface area contributed by atoms with Gasteiger partial charge in [-0.2, -0.15) is 9.40 Å². The van der Waals surface area contributed by atoms with Crippen molar-refractivity contribution in [3.05, 3.63) is 34.5 Å². The molecule has 0 aliphatic carbocycles. The highest BCUT2D eigenvalue weighted by molar-refractivity contribution is 7.91. The monoisotopic (exact) mass is 356 g/mol. The SMILES string of the molecule is CCN(CC)S(=O)(=O)c1ccc(CCNCc2cn[nH]c2C)s1. The predicted octanol–water partition coefficient (Wildman–Crippen LogP) is 2.14. The molecule has 0 aliphatic heterocycles. The Morgan fingerprint density at radius 3 is 2.65 bits per heavy atom. The summed E-state index contributed by atoms with van der Waals surface area (Å²) in [5, 5.41) is 10.3. The van der Waals surface area contributed by atoms with Crippen LogP contribution in [0.3, 0.4) is 0 Å². The number of nitrogens with zero attached hydrogens (tertiary/aromatic N) is 2. The molecule has 0 bridgehead atoms. The van der Waals surface area contributed by atoms with Crippen molar-refractivity contribution in [3.63, 3.8) is 0 Å². The number of nitrogens with one attached hydrogen (secondary N) is 2. The molecule has 0 saturated carbocycles. The topological polar surface area (TPSA) is 78.1 Å². The van der Waals surface area contributed by atoms with Gasteiger partial charge in [-0.3, -0.25) is 5.10 Å². The van der Waals surface area contributed by atoms with Gasteiger partial charge in [0, 0.05) is 42.3 Å². The Morgan fingerprint density at radius 1 is 1.30 bits per heavy atom. The number of aryl methyl sites for hydroxylation is 1. The molecule has 2 N–H and O–H groups in total. The maximum atomic E-state index is 12.4. The van der Waals surface area contributed by atoms with Crippen molar-refractivity contribution in [1.29, 1.82) is 0 Å². The second kappa shape index (κ2) is 8.05. The van der Waals surface area contributed by atoms with E-state index in [0.717, 1.165) is 35.6 Å². The molecule has 0 spiro atoms. The van der Waals surface area contributed by atoms with E-state index in [1.807, 2.05) is 33.0 Å². The Bertz CT molecular complexity index is 717. The maximum absolute atomic E-state index is 12.4. The lowest BCUT2D eigenvalue weighted by molar-refractivity contribution is 0.447. The molecule has 0 aliphatic rings. The number of hydrogen-bond acceptors (Lipinski definition) is 5. The highest BCUT2D eigenvalue weighted by Gasteiger charge is 2.23. The molecule has 0 radical (unpaired) electrons. The zero-order valence-electron chi connectivity index (χ0n) is 13.8. The van der Waals surface area contributed by atoms with Crippen LogP contribution in [0.25, 0.3) is 0 Å². The standard InChI is InChI=1S/C15H24N4O2S2/c1-4-19(5-2)23(20,21)15-7-6-14(22-15)8-9-16-10-13-11-17-18-12(13)3/h6-7,11,16H,4-5,8-10H2,1-3H3,(H,17,18). The maximum Gasteiger partial charge on any atom is 0.252 e. The van der Waals surface area contributed by atoms with Crippen LogP contribution in [0.1, 0.15) is 30.0 Å². The van der Waals surface area contributed by atoms with Crippen molar-refractivity contribution in [1.82, 2.24) is 19.8 Å². The van der Waals surface area contributed by atoms with Gasteiger partial charge in [0.25, 0.3) is 10.0 Å². The molecule has 0 aromatic carbocycles. The van der Waals surface area contributed by atoms with Crippen LogP contribution in [0, 0.1) is 6.92 Å². The molecule has 2 heterocycles. The third-order valence-corrected chi connectivity index (χ3v) is 7.40. The third-order valence-electron chi connectivity index (χ3n) is 3.73. The van der Waals surface area contributed by atoms with E-state index in [0.29, 0.717) is 17.3 Å². The number of aromatic amines is 1. The minimum atomic E-state index is -3.33. The fourth-order valence-electron chi connectivity index (χ4n) is 2.31. The summed E-state index contributed by atoms with van der Waals surface area (Å²) in [5.41, 5.74) is 2.22. The zero-order valence-corrected chi connectivity index (χ0v) is 15.4. The predicted molar refractivity (Wildman–Crippen MR) is 93.2 cm³/mol. The molecule has 6 nitrogen and oxygen atoms in total. The summed E-state index contributed by atoms with van der Waals surface area (Å²) in [6.07, 6.45) is 2.64. The summed E-state index contributed by atoms with van der Waals surface area (Å²) in [5.74, 6) is 0. The van der Waals surface area contributed by atoms with Crippen molar-refractivity contribution in [2.75, 3.05) is 19.6 Å². The van der Waals surface area contributed by atoms with Gasteiger partial charge in [0.2, 0.25) is 0 Å². The van der Waals surface area contributed by atoms with E-state index in [9.17, 15) is 8.42 Å². The van der Waals surface area contributed by atoms with Crippen LogP contribution in [0.4, 0.5) is 0 Å². The van der Waals surface area contributed by atoms with Gasteiger partial charge in [0.15, 0.2) is 0 Å². The number of hydrogen-bond donors (Lipinski definition) is 2. The number of aromatic nitrogens is 2. The molecule has 0 fully saturated rings. The van der Waals surface area contributed by atoms with E-state index < -0.39 is 10.0 Å². The quantitative estimate of drug-likeness (QED) is 0.675. The second-order valence-electron chi connectivity index (χ2n) is 5.26. The van der Waals surface area contributed by atoms with Gasteiger partial charge in [-0.05, 0) is 25.5 Å². The largest absolute Gasteiger partial charge is 0.312 e. The van der Waals surface area contributed by atoms with Crippen molar-refractivity contribution in [2.45, 2.75) is 37.9 Å². The van der Waals surface area contributed by atoms with Gasteiger partial charge >= 0.3 is 0 Å². The summed E-state index contributed by atoms with van der Waals surface area (Å²) in [4.78, 5) is 1.08. The van der Waals surface area contributed by atoms with Crippen LogP contribution in [0.5, 0.6) is 0 Å². The van der Waals surface area contributed by atoms with Gasteiger partial charge in [0.1, 0.15) is 4.21 Å². The molecule has 23 heavy (non-hydrogen) atoms. The van der Waals surface area contributed by atoms with E-state index in [1.54, 1.807) is 6.07 Å². The van der Waals surface area contributed by atoms with Crippen molar-refractivity contribution in [2.24, 2.45) is 0 Å². The summed E-state index contributed by atoms with van der Waals surface area (Å²) < 4.78 is 26.8. The molecule has 0 amide bonds. The smallest absolute Gasteiger partial charge is 0.252 e. The van der Waals surface area contributed by atoms with Gasteiger partial charge < -0.3 is 5.32 Å². The normalized spacial score (nSPS) is 12.2. The molecule has 2 aromatic rings. The first-order valence-electron chi connectivity index (χ1n) is 7.77. The Morgan fingerprint density at radius 2 is 2.04 bits per heavy atom. The summed E-state index contributed by atoms with van der Waals surface area (Å²) >= 11 is 1.36. The van der Waals surface area contributed by atoms with Crippen molar-refractivity contribution in [3.8, 4) is 0 Å². The highest BCUT2D eigenvalue weighted by Crippen LogP contribution is 2.25. The number of sulfonamides is 1. The fraction of sp³-hybridized carbons (Fsp3) is 0.533. The Balaban J connectivity index is 1.89. The van der Waals surface area contributed by atoms with E-state index in [-0.39, 0.29) is 0 Å². The van der Waals surface area contributed by atoms with E-state index in [2.05, 4.69) is 15.5 Å². The van der Waals surface area contributed by atoms with E-state index in [4.69, 9.17) is 0 Å². The van der Waals surface area contributed by atoms with Crippen molar-refractivity contribution < 1.29 is 8.42 Å². The third kappa shape index (κ3) is 4.41. The lowest BCUT2D eigenvalue weighted by atomic mass is 10.2. The van der Waals surface area contributed by atoms with Crippen LogP contribution in [0.2, 0.25) is 0 Å². The van der Waals surface area contributed by atoms with E-state index >= 15 is 0 Å². The molecule has 2 rings (SSSR count). The Kier molecular flexibility index (Phi) is 6.34. The van der Waals surface area contributed by atoms with Gasteiger partial charge in [-0.15, -0.1) is 11.3 Å². The van der Waals surface area contributed by atoms with E-state index in [1.165, 1.54) is 15.6 Å². The summed E-state index contributed by atoms with van der Waals surface area (Å²) in [6, 6.07) is 3.62. The summed E-state index contributed by atoms with van der Waals surface area (Å²) in [7, 11) is -3.33. The number of H-pyrrole nitrogens is 1. The molecule has 2 aromatic heterocycles. The van der Waals surface area contributed by atoms with Gasteiger partial charge in [-0.25, -0.2) is 8.42 Å². The van der Waals surface area contributed by atoms with Crippen LogP contribution < -0.4 is 5.32 Å². The first-order chi connectivity index (χ1) is 11.0. The second-order valence-corrected chi connectivity index (χ2v) is 8.59. The lowest BCUT2D eigenvalue weighted by Gasteiger charge is -2.16. The molecular weight excluding hydrogens is 332 g/mol. The lowest BCUT2D eigenvalue weighted by Crippen LogP contribution is -2.29. The number of thiophene rings is 1. The average molecular weight is 357 g/mol. The zero-order chi connectivity index (χ0) is 16.9. The van der Waals surface area contributed by atoms with Crippen molar-refractivity contribution >= 4 is 21.4 Å². The Hall–Kier alpha value is -1.22. The molecule has 0 atom stereocenters. The minimum absolute atomic E-state index is 0.432. The van der Waals surface area contributed by atoms with Gasteiger partial charge in [0.05, 0.1) is 6.20 Å². The van der Waals surface area contributed by atoms with Gasteiger partial charge in [-0.1, -0.05) is 13.8 Å².